The second-order valence-corrected chi connectivity index (χ2v) is 3.21. The minimum atomic E-state index is 0.00671. The van der Waals surface area contributed by atoms with Crippen LogP contribution in [0.1, 0.15) is 23.6 Å². The lowest BCUT2D eigenvalue weighted by Crippen LogP contribution is -2.09. The first-order valence-electron chi connectivity index (χ1n) is 4.31. The van der Waals surface area contributed by atoms with E-state index < -0.39 is 0 Å². The normalized spacial score (nSPS) is 19.1. The molecule has 0 saturated heterocycles. The van der Waals surface area contributed by atoms with Crippen LogP contribution in [0.2, 0.25) is 0 Å². The van der Waals surface area contributed by atoms with Gasteiger partial charge in [-0.15, -0.1) is 12.3 Å². The van der Waals surface area contributed by atoms with Gasteiger partial charge < -0.3 is 5.73 Å². The van der Waals surface area contributed by atoms with E-state index in [0.717, 1.165) is 5.57 Å². The molecule has 1 aliphatic carbocycles. The molecule has 13 heavy (non-hydrogen) atoms. The highest BCUT2D eigenvalue weighted by Gasteiger charge is 2.19. The Morgan fingerprint density at radius 3 is 2.85 bits per heavy atom. The van der Waals surface area contributed by atoms with Crippen molar-refractivity contribution in [2.75, 3.05) is 0 Å². The van der Waals surface area contributed by atoms with Gasteiger partial charge in [-0.05, 0) is 16.7 Å². The average Bonchev–Trinajstić information content (AvgIpc) is 2.46. The van der Waals surface area contributed by atoms with E-state index >= 15 is 0 Å². The molecule has 0 fully saturated rings. The molecule has 1 aromatic rings. The molecule has 0 saturated carbocycles. The van der Waals surface area contributed by atoms with Gasteiger partial charge in [-0.1, -0.05) is 30.3 Å². The van der Waals surface area contributed by atoms with Crippen molar-refractivity contribution in [3.63, 3.8) is 0 Å². The summed E-state index contributed by atoms with van der Waals surface area (Å²) in [7, 11) is 0. The zero-order valence-electron chi connectivity index (χ0n) is 7.33. The topological polar surface area (TPSA) is 26.0 Å². The van der Waals surface area contributed by atoms with Crippen LogP contribution in [-0.2, 0) is 0 Å². The largest absolute Gasteiger partial charge is 0.320 e. The first-order chi connectivity index (χ1) is 6.33. The second kappa shape index (κ2) is 3.08. The Balaban J connectivity index is 2.40. The Labute approximate surface area is 78.3 Å². The van der Waals surface area contributed by atoms with Crippen molar-refractivity contribution < 1.29 is 0 Å². The first-order valence-corrected chi connectivity index (χ1v) is 4.31. The molecule has 1 atom stereocenters. The number of hydrogen-bond donors (Lipinski definition) is 1. The van der Waals surface area contributed by atoms with Crippen molar-refractivity contribution in [2.24, 2.45) is 5.73 Å². The van der Waals surface area contributed by atoms with Gasteiger partial charge in [0.1, 0.15) is 0 Å². The van der Waals surface area contributed by atoms with E-state index in [0.29, 0.717) is 6.42 Å². The molecule has 1 aliphatic rings. The zero-order valence-corrected chi connectivity index (χ0v) is 7.33. The van der Waals surface area contributed by atoms with E-state index in [4.69, 9.17) is 12.2 Å². The third kappa shape index (κ3) is 1.26. The van der Waals surface area contributed by atoms with Crippen LogP contribution < -0.4 is 5.73 Å². The maximum absolute atomic E-state index is 6.01. The van der Waals surface area contributed by atoms with Crippen LogP contribution in [-0.4, -0.2) is 0 Å². The molecular formula is C12H11N. The quantitative estimate of drug-likeness (QED) is 0.640. The van der Waals surface area contributed by atoms with E-state index in [1.165, 1.54) is 11.1 Å². The third-order valence-corrected chi connectivity index (χ3v) is 2.38. The number of benzene rings is 1. The van der Waals surface area contributed by atoms with Crippen molar-refractivity contribution >= 4 is 6.08 Å². The van der Waals surface area contributed by atoms with Crippen LogP contribution in [0.25, 0.3) is 6.08 Å². The summed E-state index contributed by atoms with van der Waals surface area (Å²) in [6, 6.07) is 8.15. The van der Waals surface area contributed by atoms with Gasteiger partial charge in [0, 0.05) is 6.42 Å². The van der Waals surface area contributed by atoms with Gasteiger partial charge in [0.2, 0.25) is 0 Å². The molecule has 1 unspecified atom stereocenters. The van der Waals surface area contributed by atoms with E-state index in [9.17, 15) is 0 Å². The lowest BCUT2D eigenvalue weighted by molar-refractivity contribution is 0.850. The maximum Gasteiger partial charge on any atom is 0.0529 e. The van der Waals surface area contributed by atoms with Gasteiger partial charge in [0.15, 0.2) is 0 Å². The van der Waals surface area contributed by atoms with Crippen molar-refractivity contribution in [2.45, 2.75) is 12.5 Å². The van der Waals surface area contributed by atoms with Crippen LogP contribution in [0.15, 0.2) is 29.8 Å². The van der Waals surface area contributed by atoms with Crippen molar-refractivity contribution in [1.29, 1.82) is 0 Å². The van der Waals surface area contributed by atoms with Crippen molar-refractivity contribution in [3.8, 4) is 12.3 Å². The summed E-state index contributed by atoms with van der Waals surface area (Å²) in [5, 5.41) is 0. The van der Waals surface area contributed by atoms with E-state index in [1.54, 1.807) is 0 Å². The Bertz CT molecular complexity index is 396. The smallest absolute Gasteiger partial charge is 0.0529 e. The highest BCUT2D eigenvalue weighted by Crippen LogP contribution is 2.33. The molecule has 0 aliphatic heterocycles. The van der Waals surface area contributed by atoms with Crippen molar-refractivity contribution in [1.82, 2.24) is 0 Å². The number of hydrogen-bond acceptors (Lipinski definition) is 1. The summed E-state index contributed by atoms with van der Waals surface area (Å²) in [6.45, 7) is 0. The Morgan fingerprint density at radius 2 is 2.15 bits per heavy atom. The molecule has 2 N–H and O–H groups in total. The fourth-order valence-electron chi connectivity index (χ4n) is 1.69. The summed E-state index contributed by atoms with van der Waals surface area (Å²) >= 11 is 0. The molecule has 64 valence electrons. The molecule has 0 bridgehead atoms. The van der Waals surface area contributed by atoms with Gasteiger partial charge in [-0.25, -0.2) is 0 Å². The first kappa shape index (κ1) is 8.10. The summed E-state index contributed by atoms with van der Waals surface area (Å²) in [6.07, 6.45) is 8.00. The van der Waals surface area contributed by atoms with Gasteiger partial charge in [-0.2, -0.15) is 0 Å². The summed E-state index contributed by atoms with van der Waals surface area (Å²) < 4.78 is 0. The van der Waals surface area contributed by atoms with Gasteiger partial charge in [0.25, 0.3) is 0 Å². The van der Waals surface area contributed by atoms with E-state index in [2.05, 4.69) is 24.1 Å². The number of fused-ring (bicyclic) bond motifs is 1. The van der Waals surface area contributed by atoms with Crippen LogP contribution in [0.4, 0.5) is 0 Å². The number of rotatable bonds is 1. The molecule has 0 radical (unpaired) electrons. The Kier molecular flexibility index (Phi) is 1.92. The molecule has 1 aromatic carbocycles. The lowest BCUT2D eigenvalue weighted by atomic mass is 10.0. The molecular weight excluding hydrogens is 158 g/mol. The van der Waals surface area contributed by atoms with Gasteiger partial charge in [0.05, 0.1) is 6.04 Å². The van der Waals surface area contributed by atoms with Crippen LogP contribution in [0.3, 0.4) is 0 Å². The highest BCUT2D eigenvalue weighted by molar-refractivity contribution is 5.66. The molecule has 0 aromatic heterocycles. The predicted octanol–water partition coefficient (Wildman–Crippen LogP) is 2.11. The standard InChI is InChI=1S/C12H11N/c1-2-5-10-8-9-6-3-4-7-11(9)12(10)13/h1,3-4,6-8,12H,5,13H2. The van der Waals surface area contributed by atoms with Gasteiger partial charge in [-0.3, -0.25) is 0 Å². The number of nitrogens with two attached hydrogens (primary N) is 1. The zero-order chi connectivity index (χ0) is 9.26. The number of terminal acetylenes is 1. The summed E-state index contributed by atoms with van der Waals surface area (Å²) in [5.74, 6) is 2.63. The average molecular weight is 169 g/mol. The van der Waals surface area contributed by atoms with E-state index in [-0.39, 0.29) is 6.04 Å². The van der Waals surface area contributed by atoms with Gasteiger partial charge >= 0.3 is 0 Å². The minimum absolute atomic E-state index is 0.00671. The molecule has 2 rings (SSSR count). The van der Waals surface area contributed by atoms with E-state index in [1.807, 2.05) is 12.1 Å². The fraction of sp³-hybridized carbons (Fsp3) is 0.167. The lowest BCUT2D eigenvalue weighted by Gasteiger charge is -2.08. The van der Waals surface area contributed by atoms with Crippen molar-refractivity contribution in [3.05, 3.63) is 41.0 Å². The maximum atomic E-state index is 6.01. The monoisotopic (exact) mass is 169 g/mol. The molecule has 1 nitrogen and oxygen atoms in total. The van der Waals surface area contributed by atoms with Crippen LogP contribution >= 0.6 is 0 Å². The van der Waals surface area contributed by atoms with Crippen LogP contribution in [0, 0.1) is 12.3 Å². The predicted molar refractivity (Wildman–Crippen MR) is 54.8 cm³/mol. The fourth-order valence-corrected chi connectivity index (χ4v) is 1.69. The Morgan fingerprint density at radius 1 is 1.38 bits per heavy atom. The third-order valence-electron chi connectivity index (χ3n) is 2.38. The highest BCUT2D eigenvalue weighted by atomic mass is 14.6. The Hall–Kier alpha value is -1.52. The summed E-state index contributed by atoms with van der Waals surface area (Å²) in [5.41, 5.74) is 9.55. The molecule has 0 heterocycles. The second-order valence-electron chi connectivity index (χ2n) is 3.21. The minimum Gasteiger partial charge on any atom is -0.320 e. The van der Waals surface area contributed by atoms with Crippen LogP contribution in [0.5, 0.6) is 0 Å². The summed E-state index contributed by atoms with van der Waals surface area (Å²) in [4.78, 5) is 0. The molecule has 1 heteroatoms. The SMILES string of the molecule is C#CCC1=Cc2ccccc2C1N. The molecule has 0 spiro atoms. The molecule has 0 amide bonds.